The van der Waals surface area contributed by atoms with Gasteiger partial charge in [0.2, 0.25) is 0 Å². The highest BCUT2D eigenvalue weighted by Crippen LogP contribution is 2.34. The van der Waals surface area contributed by atoms with Gasteiger partial charge in [-0.1, -0.05) is 19.1 Å². The molecule has 0 aromatic rings. The molecule has 4 heteroatoms. The summed E-state index contributed by atoms with van der Waals surface area (Å²) in [4.78, 5) is 2.50. The minimum atomic E-state index is 0.0967. The van der Waals surface area contributed by atoms with Gasteiger partial charge < -0.3 is 20.7 Å². The van der Waals surface area contributed by atoms with Gasteiger partial charge in [-0.05, 0) is 37.9 Å². The van der Waals surface area contributed by atoms with Gasteiger partial charge >= 0.3 is 0 Å². The summed E-state index contributed by atoms with van der Waals surface area (Å²) in [5.74, 6) is 0.657. The average Bonchev–Trinajstić information content (AvgIpc) is 2.89. The SMILES string of the molecule is CCN[C@]1(C2CCN(CCOC)C2)C=CC(N)=CC1. The van der Waals surface area contributed by atoms with E-state index in [0.29, 0.717) is 5.92 Å². The van der Waals surface area contributed by atoms with E-state index in [1.807, 2.05) is 0 Å². The third kappa shape index (κ3) is 3.38. The molecule has 108 valence electrons. The smallest absolute Gasteiger partial charge is 0.0589 e. The lowest BCUT2D eigenvalue weighted by Crippen LogP contribution is -2.51. The van der Waals surface area contributed by atoms with Crippen LogP contribution in [0.15, 0.2) is 23.9 Å². The number of ether oxygens (including phenoxy) is 1. The highest BCUT2D eigenvalue weighted by molar-refractivity contribution is 5.29. The maximum Gasteiger partial charge on any atom is 0.0589 e. The molecule has 2 rings (SSSR count). The van der Waals surface area contributed by atoms with Crippen molar-refractivity contribution in [2.24, 2.45) is 11.7 Å². The van der Waals surface area contributed by atoms with E-state index in [1.165, 1.54) is 13.0 Å². The Balaban J connectivity index is 1.99. The summed E-state index contributed by atoms with van der Waals surface area (Å²) >= 11 is 0. The second-order valence-electron chi connectivity index (χ2n) is 5.59. The van der Waals surface area contributed by atoms with Crippen LogP contribution in [0.1, 0.15) is 19.8 Å². The number of methoxy groups -OCH3 is 1. The molecule has 1 heterocycles. The summed E-state index contributed by atoms with van der Waals surface area (Å²) < 4.78 is 5.17. The fourth-order valence-corrected chi connectivity index (χ4v) is 3.25. The van der Waals surface area contributed by atoms with Crippen molar-refractivity contribution in [1.29, 1.82) is 0 Å². The molecular weight excluding hydrogens is 238 g/mol. The van der Waals surface area contributed by atoms with Crippen molar-refractivity contribution >= 4 is 0 Å². The predicted molar refractivity (Wildman–Crippen MR) is 78.9 cm³/mol. The van der Waals surface area contributed by atoms with Crippen molar-refractivity contribution in [3.05, 3.63) is 23.9 Å². The second-order valence-corrected chi connectivity index (χ2v) is 5.59. The lowest BCUT2D eigenvalue weighted by Gasteiger charge is -2.38. The Labute approximate surface area is 116 Å². The quantitative estimate of drug-likeness (QED) is 0.755. The molecule has 2 atom stereocenters. The van der Waals surface area contributed by atoms with E-state index < -0.39 is 0 Å². The first kappa shape index (κ1) is 14.6. The van der Waals surface area contributed by atoms with Crippen molar-refractivity contribution in [1.82, 2.24) is 10.2 Å². The Kier molecular flexibility index (Phi) is 5.02. The topological polar surface area (TPSA) is 50.5 Å². The van der Waals surface area contributed by atoms with Crippen LogP contribution in [-0.2, 0) is 4.74 Å². The molecule has 0 radical (unpaired) electrons. The van der Waals surface area contributed by atoms with Crippen LogP contribution >= 0.6 is 0 Å². The maximum atomic E-state index is 5.86. The highest BCUT2D eigenvalue weighted by Gasteiger charge is 2.39. The predicted octanol–water partition coefficient (Wildman–Crippen LogP) is 1.11. The third-order valence-corrected chi connectivity index (χ3v) is 4.37. The van der Waals surface area contributed by atoms with Gasteiger partial charge in [0.15, 0.2) is 0 Å². The van der Waals surface area contributed by atoms with Crippen molar-refractivity contribution in [3.8, 4) is 0 Å². The van der Waals surface area contributed by atoms with Crippen LogP contribution in [0.2, 0.25) is 0 Å². The molecule has 2 aliphatic rings. The number of nitrogens with two attached hydrogens (primary N) is 1. The number of hydrogen-bond acceptors (Lipinski definition) is 4. The van der Waals surface area contributed by atoms with Crippen molar-refractivity contribution in [2.75, 3.05) is 39.9 Å². The number of nitrogens with zero attached hydrogens (tertiary/aromatic N) is 1. The number of allylic oxidation sites excluding steroid dienone is 1. The Morgan fingerprint density at radius 3 is 3.05 bits per heavy atom. The molecule has 4 nitrogen and oxygen atoms in total. The lowest BCUT2D eigenvalue weighted by molar-refractivity contribution is 0.154. The Bertz CT molecular complexity index is 353. The monoisotopic (exact) mass is 265 g/mol. The molecule has 0 amide bonds. The fraction of sp³-hybridized carbons (Fsp3) is 0.733. The molecule has 3 N–H and O–H groups in total. The summed E-state index contributed by atoms with van der Waals surface area (Å²) in [7, 11) is 1.77. The van der Waals surface area contributed by atoms with Gasteiger partial charge in [-0.2, -0.15) is 0 Å². The molecule has 1 aliphatic carbocycles. The summed E-state index contributed by atoms with van der Waals surface area (Å²) in [5, 5.41) is 3.69. The van der Waals surface area contributed by atoms with Gasteiger partial charge in [-0.3, -0.25) is 0 Å². The van der Waals surface area contributed by atoms with E-state index in [9.17, 15) is 0 Å². The van der Waals surface area contributed by atoms with Crippen LogP contribution in [0.5, 0.6) is 0 Å². The van der Waals surface area contributed by atoms with E-state index in [4.69, 9.17) is 10.5 Å². The van der Waals surface area contributed by atoms with E-state index >= 15 is 0 Å². The standard InChI is InChI=1S/C15H27N3O/c1-3-17-15(7-4-14(16)5-8-15)13-6-9-18(12-13)10-11-19-2/h4-5,7,13,17H,3,6,8-12,16H2,1-2H3/t13?,15-/m1/s1. The molecule has 1 unspecified atom stereocenters. The first-order valence-corrected chi connectivity index (χ1v) is 7.31. The third-order valence-electron chi connectivity index (χ3n) is 4.37. The van der Waals surface area contributed by atoms with Crippen LogP contribution < -0.4 is 11.1 Å². The lowest BCUT2D eigenvalue weighted by atomic mass is 9.77. The largest absolute Gasteiger partial charge is 0.399 e. The second kappa shape index (κ2) is 6.55. The maximum absolute atomic E-state index is 5.86. The molecule has 0 aromatic heterocycles. The number of likely N-dealkylation sites (N-methyl/N-ethyl adjacent to an activating group) is 1. The number of likely N-dealkylation sites (tertiary alicyclic amines) is 1. The first-order chi connectivity index (χ1) is 9.20. The molecule has 1 fully saturated rings. The van der Waals surface area contributed by atoms with E-state index in [0.717, 1.165) is 38.4 Å². The van der Waals surface area contributed by atoms with Gasteiger partial charge in [-0.15, -0.1) is 0 Å². The minimum absolute atomic E-state index is 0.0967. The molecule has 0 saturated carbocycles. The minimum Gasteiger partial charge on any atom is -0.399 e. The summed E-state index contributed by atoms with van der Waals surface area (Å²) in [5.41, 5.74) is 6.85. The van der Waals surface area contributed by atoms with E-state index in [1.54, 1.807) is 7.11 Å². The van der Waals surface area contributed by atoms with Crippen molar-refractivity contribution < 1.29 is 4.74 Å². The van der Waals surface area contributed by atoms with Crippen LogP contribution in [0, 0.1) is 5.92 Å². The van der Waals surface area contributed by atoms with E-state index in [-0.39, 0.29) is 5.54 Å². The zero-order chi connectivity index (χ0) is 13.7. The molecule has 0 aromatic carbocycles. The average molecular weight is 265 g/mol. The van der Waals surface area contributed by atoms with Gasteiger partial charge in [0.25, 0.3) is 0 Å². The molecule has 1 saturated heterocycles. The molecule has 0 spiro atoms. The zero-order valence-corrected chi connectivity index (χ0v) is 12.2. The zero-order valence-electron chi connectivity index (χ0n) is 12.2. The van der Waals surface area contributed by atoms with Crippen LogP contribution in [-0.4, -0.2) is 50.3 Å². The van der Waals surface area contributed by atoms with Crippen LogP contribution in [0.25, 0.3) is 0 Å². The summed E-state index contributed by atoms with van der Waals surface area (Å²) in [6.07, 6.45) is 8.75. The van der Waals surface area contributed by atoms with Crippen molar-refractivity contribution in [2.45, 2.75) is 25.3 Å². The molecule has 0 bridgehead atoms. The van der Waals surface area contributed by atoms with Gasteiger partial charge in [0.1, 0.15) is 0 Å². The van der Waals surface area contributed by atoms with Crippen molar-refractivity contribution in [3.63, 3.8) is 0 Å². The number of nitrogens with one attached hydrogen (secondary N) is 1. The Morgan fingerprint density at radius 2 is 2.42 bits per heavy atom. The van der Waals surface area contributed by atoms with Gasteiger partial charge in [0.05, 0.1) is 6.61 Å². The Hall–Kier alpha value is -0.840. The van der Waals surface area contributed by atoms with Gasteiger partial charge in [-0.25, -0.2) is 0 Å². The first-order valence-electron chi connectivity index (χ1n) is 7.31. The van der Waals surface area contributed by atoms with Gasteiger partial charge in [0, 0.05) is 31.4 Å². The fourth-order valence-electron chi connectivity index (χ4n) is 3.25. The highest BCUT2D eigenvalue weighted by atomic mass is 16.5. The molecular formula is C15H27N3O. The number of hydrogen-bond donors (Lipinski definition) is 2. The van der Waals surface area contributed by atoms with Crippen LogP contribution in [0.3, 0.4) is 0 Å². The Morgan fingerprint density at radius 1 is 1.58 bits per heavy atom. The number of rotatable bonds is 6. The van der Waals surface area contributed by atoms with Crippen LogP contribution in [0.4, 0.5) is 0 Å². The molecule has 1 aliphatic heterocycles. The molecule has 19 heavy (non-hydrogen) atoms. The summed E-state index contributed by atoms with van der Waals surface area (Å²) in [6, 6.07) is 0. The summed E-state index contributed by atoms with van der Waals surface area (Å²) in [6.45, 7) is 7.35. The normalized spacial score (nSPS) is 31.7. The van der Waals surface area contributed by atoms with E-state index in [2.05, 4.69) is 35.4 Å².